The molecule has 0 unspecified atom stereocenters. The summed E-state index contributed by atoms with van der Waals surface area (Å²) in [6, 6.07) is 14.6. The molecule has 6 nitrogen and oxygen atoms in total. The Morgan fingerprint density at radius 3 is 2.42 bits per heavy atom. The fourth-order valence-corrected chi connectivity index (χ4v) is 3.69. The summed E-state index contributed by atoms with van der Waals surface area (Å²) in [5, 5.41) is 0.875. The van der Waals surface area contributed by atoms with Crippen molar-refractivity contribution < 1.29 is 17.9 Å². The molecule has 1 fully saturated rings. The summed E-state index contributed by atoms with van der Waals surface area (Å²) < 4.78 is 35.6. The molecule has 3 aromatic rings. The number of nitrogens with zero attached hydrogens (tertiary/aromatic N) is 2. The van der Waals surface area contributed by atoms with E-state index in [2.05, 4.69) is 4.98 Å². The standard InChI is InChI=1S/C19H18N2O4S/c1-24-16-8-9-17-18(12-16)20-11-10-19(17)25-15-6-4-14(5-7-15)21(26(22)23)13-2-3-13/h4-13,26H,2-3H2,1H3. The molecular formula is C19H18N2O4S. The summed E-state index contributed by atoms with van der Waals surface area (Å²) in [4.78, 5) is 4.34. The third kappa shape index (κ3) is 3.30. The second-order valence-electron chi connectivity index (χ2n) is 6.10. The van der Waals surface area contributed by atoms with E-state index in [1.54, 1.807) is 43.6 Å². The van der Waals surface area contributed by atoms with Crippen LogP contribution in [0.3, 0.4) is 0 Å². The Morgan fingerprint density at radius 1 is 1.04 bits per heavy atom. The van der Waals surface area contributed by atoms with E-state index in [1.165, 1.54) is 4.31 Å². The molecule has 1 aliphatic rings. The van der Waals surface area contributed by atoms with Crippen molar-refractivity contribution in [2.24, 2.45) is 0 Å². The first-order valence-corrected chi connectivity index (χ1v) is 9.43. The molecule has 0 amide bonds. The van der Waals surface area contributed by atoms with Crippen LogP contribution in [-0.2, 0) is 10.9 Å². The molecular weight excluding hydrogens is 352 g/mol. The van der Waals surface area contributed by atoms with Crippen molar-refractivity contribution in [3.8, 4) is 17.2 Å². The molecule has 1 aliphatic carbocycles. The van der Waals surface area contributed by atoms with Crippen LogP contribution in [-0.4, -0.2) is 26.6 Å². The Balaban J connectivity index is 1.60. The van der Waals surface area contributed by atoms with Crippen molar-refractivity contribution in [1.29, 1.82) is 0 Å². The molecule has 1 saturated carbocycles. The van der Waals surface area contributed by atoms with Crippen LogP contribution >= 0.6 is 0 Å². The summed E-state index contributed by atoms with van der Waals surface area (Å²) in [5.74, 6) is 2.05. The summed E-state index contributed by atoms with van der Waals surface area (Å²) in [5.41, 5.74) is 1.45. The highest BCUT2D eigenvalue weighted by molar-refractivity contribution is 7.74. The van der Waals surface area contributed by atoms with Crippen LogP contribution in [0.4, 0.5) is 5.69 Å². The van der Waals surface area contributed by atoms with Gasteiger partial charge in [0.25, 0.3) is 0 Å². The number of pyridine rings is 1. The van der Waals surface area contributed by atoms with E-state index >= 15 is 0 Å². The second-order valence-corrected chi connectivity index (χ2v) is 7.01. The van der Waals surface area contributed by atoms with Crippen LogP contribution in [0.5, 0.6) is 17.2 Å². The number of hydrogen-bond acceptors (Lipinski definition) is 5. The summed E-state index contributed by atoms with van der Waals surface area (Å²) >= 11 is 0. The lowest BCUT2D eigenvalue weighted by molar-refractivity contribution is 0.415. The zero-order valence-corrected chi connectivity index (χ0v) is 15.1. The Hall–Kier alpha value is -2.80. The van der Waals surface area contributed by atoms with E-state index in [-0.39, 0.29) is 6.04 Å². The molecule has 0 spiro atoms. The molecule has 0 N–H and O–H groups in total. The lowest BCUT2D eigenvalue weighted by atomic mass is 10.2. The highest BCUT2D eigenvalue weighted by Crippen LogP contribution is 2.34. The monoisotopic (exact) mass is 370 g/mol. The van der Waals surface area contributed by atoms with Gasteiger partial charge in [-0.25, -0.2) is 8.42 Å². The lowest BCUT2D eigenvalue weighted by Gasteiger charge is -2.17. The van der Waals surface area contributed by atoms with Crippen LogP contribution in [0.2, 0.25) is 0 Å². The number of rotatable bonds is 6. The van der Waals surface area contributed by atoms with Gasteiger partial charge in [0.2, 0.25) is 10.9 Å². The van der Waals surface area contributed by atoms with Crippen molar-refractivity contribution in [2.75, 3.05) is 11.4 Å². The van der Waals surface area contributed by atoms with E-state index in [4.69, 9.17) is 9.47 Å². The largest absolute Gasteiger partial charge is 0.497 e. The molecule has 26 heavy (non-hydrogen) atoms. The van der Waals surface area contributed by atoms with Crippen molar-refractivity contribution in [3.63, 3.8) is 0 Å². The minimum absolute atomic E-state index is 0.0991. The smallest absolute Gasteiger partial charge is 0.225 e. The van der Waals surface area contributed by atoms with Gasteiger partial charge in [0.1, 0.15) is 17.2 Å². The average Bonchev–Trinajstić information content (AvgIpc) is 3.47. The second kappa shape index (κ2) is 6.84. The number of fused-ring (bicyclic) bond motifs is 1. The predicted molar refractivity (Wildman–Crippen MR) is 101 cm³/mol. The normalized spacial score (nSPS) is 13.8. The zero-order valence-electron chi connectivity index (χ0n) is 14.2. The van der Waals surface area contributed by atoms with Crippen LogP contribution in [0.1, 0.15) is 12.8 Å². The molecule has 2 aromatic carbocycles. The third-order valence-corrected chi connectivity index (χ3v) is 5.22. The number of methoxy groups -OCH3 is 1. The van der Waals surface area contributed by atoms with Gasteiger partial charge < -0.3 is 9.47 Å². The van der Waals surface area contributed by atoms with Gasteiger partial charge in [0.15, 0.2) is 0 Å². The Morgan fingerprint density at radius 2 is 1.77 bits per heavy atom. The van der Waals surface area contributed by atoms with E-state index < -0.39 is 10.9 Å². The van der Waals surface area contributed by atoms with Gasteiger partial charge in [-0.3, -0.25) is 9.29 Å². The third-order valence-electron chi connectivity index (χ3n) is 4.31. The first-order chi connectivity index (χ1) is 12.7. The summed E-state index contributed by atoms with van der Waals surface area (Å²) in [7, 11) is -1.02. The first-order valence-electron chi connectivity index (χ1n) is 8.30. The van der Waals surface area contributed by atoms with Gasteiger partial charge >= 0.3 is 0 Å². The van der Waals surface area contributed by atoms with E-state index in [9.17, 15) is 8.42 Å². The quantitative estimate of drug-likeness (QED) is 0.672. The minimum atomic E-state index is -2.63. The van der Waals surface area contributed by atoms with Crippen molar-refractivity contribution >= 4 is 27.5 Å². The molecule has 0 aliphatic heterocycles. The number of aromatic nitrogens is 1. The van der Waals surface area contributed by atoms with E-state index in [0.717, 1.165) is 29.5 Å². The molecule has 134 valence electrons. The molecule has 0 saturated heterocycles. The van der Waals surface area contributed by atoms with Gasteiger partial charge in [0, 0.05) is 23.7 Å². The maximum absolute atomic E-state index is 11.5. The van der Waals surface area contributed by atoms with Crippen LogP contribution in [0, 0.1) is 0 Å². The maximum atomic E-state index is 11.5. The van der Waals surface area contributed by atoms with Crippen molar-refractivity contribution in [2.45, 2.75) is 18.9 Å². The predicted octanol–water partition coefficient (Wildman–Crippen LogP) is 3.53. The van der Waals surface area contributed by atoms with E-state index in [0.29, 0.717) is 17.2 Å². The molecule has 1 heterocycles. The van der Waals surface area contributed by atoms with Crippen LogP contribution in [0.15, 0.2) is 54.7 Å². The molecule has 0 radical (unpaired) electrons. The van der Waals surface area contributed by atoms with Gasteiger partial charge in [-0.05, 0) is 55.3 Å². The Labute approximate surface area is 153 Å². The fraction of sp³-hybridized carbons (Fsp3) is 0.211. The summed E-state index contributed by atoms with van der Waals surface area (Å²) in [6.45, 7) is 0. The number of ether oxygens (including phenoxy) is 2. The summed E-state index contributed by atoms with van der Waals surface area (Å²) in [6.07, 6.45) is 3.50. The number of thiol groups is 1. The van der Waals surface area contributed by atoms with Crippen LogP contribution in [0.25, 0.3) is 10.9 Å². The molecule has 7 heteroatoms. The maximum Gasteiger partial charge on any atom is 0.225 e. The zero-order chi connectivity index (χ0) is 18.1. The average molecular weight is 370 g/mol. The van der Waals surface area contributed by atoms with Crippen LogP contribution < -0.4 is 13.8 Å². The van der Waals surface area contributed by atoms with Gasteiger partial charge in [-0.1, -0.05) is 0 Å². The Bertz CT molecular complexity index is 1010. The molecule has 0 atom stereocenters. The van der Waals surface area contributed by atoms with Crippen molar-refractivity contribution in [1.82, 2.24) is 4.98 Å². The number of hydrogen-bond donors (Lipinski definition) is 1. The lowest BCUT2D eigenvalue weighted by Crippen LogP contribution is -2.23. The van der Waals surface area contributed by atoms with Gasteiger partial charge in [-0.2, -0.15) is 0 Å². The fourth-order valence-electron chi connectivity index (χ4n) is 2.87. The topological polar surface area (TPSA) is 68.7 Å². The SMILES string of the molecule is COc1ccc2c(Oc3ccc(N(C4CC4)[SH](=O)=O)cc3)ccnc2c1. The molecule has 0 bridgehead atoms. The molecule has 4 rings (SSSR count). The van der Waals surface area contributed by atoms with E-state index in [1.807, 2.05) is 18.2 Å². The first kappa shape index (κ1) is 16.7. The molecule has 1 aromatic heterocycles. The minimum Gasteiger partial charge on any atom is -0.497 e. The highest BCUT2D eigenvalue weighted by Gasteiger charge is 2.31. The Kier molecular flexibility index (Phi) is 4.38. The number of anilines is 1. The number of benzene rings is 2. The highest BCUT2D eigenvalue weighted by atomic mass is 32.2. The van der Waals surface area contributed by atoms with Gasteiger partial charge in [0.05, 0.1) is 18.3 Å². The van der Waals surface area contributed by atoms with Crippen molar-refractivity contribution in [3.05, 3.63) is 54.7 Å². The van der Waals surface area contributed by atoms with Gasteiger partial charge in [-0.15, -0.1) is 0 Å².